The van der Waals surface area contributed by atoms with E-state index in [1.165, 1.54) is 0 Å². The Morgan fingerprint density at radius 3 is 2.59 bits per heavy atom. The average molecular weight is 376 g/mol. The van der Waals surface area contributed by atoms with Gasteiger partial charge in [0.05, 0.1) is 7.11 Å². The van der Waals surface area contributed by atoms with Crippen LogP contribution in [0.4, 0.5) is 0 Å². The fraction of sp³-hybridized carbons (Fsp3) is 0.600. The molecule has 1 aliphatic rings. The maximum absolute atomic E-state index is 12.2. The van der Waals surface area contributed by atoms with Crippen LogP contribution >= 0.6 is 0 Å². The molecular formula is C20H33N5O2. The molecule has 150 valence electrons. The number of hydrogen-bond acceptors (Lipinski definition) is 4. The number of methoxy groups -OCH3 is 1. The number of nitrogens with zero attached hydrogens (tertiary/aromatic N) is 2. The lowest BCUT2D eigenvalue weighted by atomic mass is 10.0. The lowest BCUT2D eigenvalue weighted by Gasteiger charge is -2.35. The molecule has 3 N–H and O–H groups in total. The number of ether oxygens (including phenoxy) is 1. The van der Waals surface area contributed by atoms with E-state index in [4.69, 9.17) is 4.74 Å². The van der Waals surface area contributed by atoms with Crippen LogP contribution in [-0.4, -0.2) is 69.2 Å². The third-order valence-electron chi connectivity index (χ3n) is 4.86. The maximum atomic E-state index is 12.2. The SMILES string of the molecule is CN=C(NCCNC(=O)c1cccc(OC)c1)NC1CCN(C(C)C)CC1. The number of aliphatic imine (C=N–C) groups is 1. The van der Waals surface area contributed by atoms with Crippen molar-refractivity contribution in [1.29, 1.82) is 0 Å². The average Bonchev–Trinajstić information content (AvgIpc) is 2.70. The molecular weight excluding hydrogens is 342 g/mol. The third kappa shape index (κ3) is 6.75. The van der Waals surface area contributed by atoms with E-state index in [-0.39, 0.29) is 5.91 Å². The van der Waals surface area contributed by atoms with E-state index in [9.17, 15) is 4.79 Å². The van der Waals surface area contributed by atoms with Crippen molar-refractivity contribution in [3.8, 4) is 5.75 Å². The normalized spacial score (nSPS) is 16.3. The minimum absolute atomic E-state index is 0.111. The van der Waals surface area contributed by atoms with Crippen LogP contribution in [0.3, 0.4) is 0 Å². The summed E-state index contributed by atoms with van der Waals surface area (Å²) in [4.78, 5) is 19.0. The highest BCUT2D eigenvalue weighted by Gasteiger charge is 2.21. The Hall–Kier alpha value is -2.28. The van der Waals surface area contributed by atoms with Crippen molar-refractivity contribution >= 4 is 11.9 Å². The van der Waals surface area contributed by atoms with Crippen LogP contribution in [0.2, 0.25) is 0 Å². The Morgan fingerprint density at radius 1 is 1.26 bits per heavy atom. The van der Waals surface area contributed by atoms with E-state index in [2.05, 4.69) is 39.7 Å². The number of likely N-dealkylation sites (tertiary alicyclic amines) is 1. The molecule has 1 aliphatic heterocycles. The summed E-state index contributed by atoms with van der Waals surface area (Å²) in [5, 5.41) is 9.65. The van der Waals surface area contributed by atoms with Crippen LogP contribution < -0.4 is 20.7 Å². The molecule has 0 radical (unpaired) electrons. The van der Waals surface area contributed by atoms with Crippen LogP contribution in [0.15, 0.2) is 29.3 Å². The van der Waals surface area contributed by atoms with Crippen LogP contribution in [0, 0.1) is 0 Å². The first kappa shape index (κ1) is 21.0. The second kappa shape index (κ2) is 10.8. The fourth-order valence-electron chi connectivity index (χ4n) is 3.17. The summed E-state index contributed by atoms with van der Waals surface area (Å²) in [5.74, 6) is 1.35. The molecule has 27 heavy (non-hydrogen) atoms. The monoisotopic (exact) mass is 375 g/mol. The predicted octanol–water partition coefficient (Wildman–Crippen LogP) is 1.46. The molecule has 0 atom stereocenters. The minimum Gasteiger partial charge on any atom is -0.497 e. The maximum Gasteiger partial charge on any atom is 0.251 e. The Bertz CT molecular complexity index is 625. The Kier molecular flexibility index (Phi) is 8.39. The number of nitrogens with one attached hydrogen (secondary N) is 3. The van der Waals surface area contributed by atoms with Crippen molar-refractivity contribution in [2.24, 2.45) is 4.99 Å². The van der Waals surface area contributed by atoms with Gasteiger partial charge in [0.1, 0.15) is 5.75 Å². The highest BCUT2D eigenvalue weighted by Crippen LogP contribution is 2.13. The first-order valence-corrected chi connectivity index (χ1v) is 9.67. The van der Waals surface area contributed by atoms with E-state index in [0.717, 1.165) is 31.9 Å². The lowest BCUT2D eigenvalue weighted by molar-refractivity contribution is 0.0954. The van der Waals surface area contributed by atoms with Gasteiger partial charge in [-0.3, -0.25) is 9.79 Å². The number of amides is 1. The molecule has 1 saturated heterocycles. The zero-order chi connectivity index (χ0) is 19.6. The van der Waals surface area contributed by atoms with E-state index >= 15 is 0 Å². The third-order valence-corrected chi connectivity index (χ3v) is 4.86. The number of benzene rings is 1. The van der Waals surface area contributed by atoms with E-state index in [1.54, 1.807) is 26.3 Å². The summed E-state index contributed by atoms with van der Waals surface area (Å²) in [6.07, 6.45) is 2.23. The molecule has 0 unspecified atom stereocenters. The molecule has 0 aromatic heterocycles. The first-order chi connectivity index (χ1) is 13.0. The summed E-state index contributed by atoms with van der Waals surface area (Å²) >= 11 is 0. The smallest absolute Gasteiger partial charge is 0.251 e. The molecule has 1 aromatic carbocycles. The van der Waals surface area contributed by atoms with Gasteiger partial charge in [0.2, 0.25) is 0 Å². The number of carbonyl (C=O) groups excluding carboxylic acids is 1. The zero-order valence-electron chi connectivity index (χ0n) is 16.9. The van der Waals surface area contributed by atoms with Gasteiger partial charge in [0.25, 0.3) is 5.91 Å². The molecule has 1 amide bonds. The molecule has 1 heterocycles. The van der Waals surface area contributed by atoms with Crippen LogP contribution in [0.25, 0.3) is 0 Å². The summed E-state index contributed by atoms with van der Waals surface area (Å²) in [7, 11) is 3.36. The number of piperidine rings is 1. The quantitative estimate of drug-likeness (QED) is 0.382. The molecule has 7 nitrogen and oxygen atoms in total. The largest absolute Gasteiger partial charge is 0.497 e. The molecule has 1 fully saturated rings. The number of guanidine groups is 1. The van der Waals surface area contributed by atoms with Crippen LogP contribution in [0.1, 0.15) is 37.0 Å². The van der Waals surface area contributed by atoms with Gasteiger partial charge in [-0.05, 0) is 44.9 Å². The van der Waals surface area contributed by atoms with E-state index < -0.39 is 0 Å². The van der Waals surface area contributed by atoms with Gasteiger partial charge in [-0.15, -0.1) is 0 Å². The molecule has 0 spiro atoms. The molecule has 2 rings (SSSR count). The van der Waals surface area contributed by atoms with Crippen molar-refractivity contribution in [3.63, 3.8) is 0 Å². The molecule has 1 aromatic rings. The molecule has 0 saturated carbocycles. The summed E-state index contributed by atoms with van der Waals surface area (Å²) in [6.45, 7) is 7.84. The highest BCUT2D eigenvalue weighted by atomic mass is 16.5. The van der Waals surface area contributed by atoms with Gasteiger partial charge in [0.15, 0.2) is 5.96 Å². The van der Waals surface area contributed by atoms with Crippen molar-refractivity contribution in [2.75, 3.05) is 40.3 Å². The summed E-state index contributed by atoms with van der Waals surface area (Å²) < 4.78 is 5.15. The van der Waals surface area contributed by atoms with Gasteiger partial charge in [0, 0.05) is 50.9 Å². The summed E-state index contributed by atoms with van der Waals surface area (Å²) in [6, 6.07) is 8.18. The van der Waals surface area contributed by atoms with Crippen LogP contribution in [0.5, 0.6) is 5.75 Å². The Balaban J connectivity index is 1.68. The second-order valence-corrected chi connectivity index (χ2v) is 7.04. The van der Waals surface area contributed by atoms with Gasteiger partial charge in [-0.1, -0.05) is 6.07 Å². The van der Waals surface area contributed by atoms with Crippen molar-refractivity contribution in [1.82, 2.24) is 20.9 Å². The van der Waals surface area contributed by atoms with E-state index in [0.29, 0.717) is 36.5 Å². The topological polar surface area (TPSA) is 78.0 Å². The number of rotatable bonds is 7. The second-order valence-electron chi connectivity index (χ2n) is 7.04. The minimum atomic E-state index is -0.111. The van der Waals surface area contributed by atoms with Crippen molar-refractivity contribution in [3.05, 3.63) is 29.8 Å². The highest BCUT2D eigenvalue weighted by molar-refractivity contribution is 5.94. The molecule has 0 bridgehead atoms. The number of carbonyl (C=O) groups is 1. The Labute approximate surface area is 162 Å². The van der Waals surface area contributed by atoms with Crippen molar-refractivity contribution < 1.29 is 9.53 Å². The Morgan fingerprint density at radius 2 is 1.96 bits per heavy atom. The van der Waals surface area contributed by atoms with Gasteiger partial charge < -0.3 is 25.6 Å². The molecule has 7 heteroatoms. The predicted molar refractivity (Wildman–Crippen MR) is 110 cm³/mol. The first-order valence-electron chi connectivity index (χ1n) is 9.67. The summed E-state index contributed by atoms with van der Waals surface area (Å²) in [5.41, 5.74) is 0.591. The van der Waals surface area contributed by atoms with Gasteiger partial charge in [-0.25, -0.2) is 0 Å². The van der Waals surface area contributed by atoms with Crippen molar-refractivity contribution in [2.45, 2.75) is 38.8 Å². The lowest BCUT2D eigenvalue weighted by Crippen LogP contribution is -2.50. The zero-order valence-corrected chi connectivity index (χ0v) is 16.9. The standard InChI is InChI=1S/C20H33N5O2/c1-15(2)25-12-8-17(9-13-25)24-20(21-3)23-11-10-22-19(26)16-6-5-7-18(14-16)27-4/h5-7,14-15,17H,8-13H2,1-4H3,(H,22,26)(H2,21,23,24). The van der Waals surface area contributed by atoms with Crippen LogP contribution in [-0.2, 0) is 0 Å². The number of hydrogen-bond donors (Lipinski definition) is 3. The van der Waals surface area contributed by atoms with Gasteiger partial charge in [-0.2, -0.15) is 0 Å². The van der Waals surface area contributed by atoms with E-state index in [1.807, 2.05) is 12.1 Å². The fourth-order valence-corrected chi connectivity index (χ4v) is 3.17. The van der Waals surface area contributed by atoms with Gasteiger partial charge >= 0.3 is 0 Å². The molecule has 0 aliphatic carbocycles.